The van der Waals surface area contributed by atoms with Crippen molar-refractivity contribution in [3.63, 3.8) is 0 Å². The molecule has 0 spiro atoms. The van der Waals surface area contributed by atoms with Crippen molar-refractivity contribution in [2.75, 3.05) is 4.90 Å². The van der Waals surface area contributed by atoms with Crippen molar-refractivity contribution < 1.29 is 17.4 Å². The lowest BCUT2D eigenvalue weighted by atomic mass is 10.1. The number of rotatable bonds is 4. The third kappa shape index (κ3) is 2.97. The van der Waals surface area contributed by atoms with Crippen LogP contribution in [-0.2, 0) is 19.1 Å². The number of carbonyl (C=O) groups excluding carboxylic acids is 1. The van der Waals surface area contributed by atoms with E-state index in [4.69, 9.17) is 15.8 Å². The molecule has 3 rings (SSSR count). The molecule has 1 amide bonds. The highest BCUT2D eigenvalue weighted by atomic mass is 35.5. The fourth-order valence-electron chi connectivity index (χ4n) is 2.27. The highest BCUT2D eigenvalue weighted by molar-refractivity contribution is 7.86. The molecule has 0 unspecified atom stereocenters. The second kappa shape index (κ2) is 5.96. The van der Waals surface area contributed by atoms with Gasteiger partial charge in [-0.2, -0.15) is 8.42 Å². The molecule has 0 aliphatic carbocycles. The largest absolute Gasteiger partial charge is 0.297 e. The fraction of sp³-hybridized carbons (Fsp3) is 0.188. The second-order valence-corrected chi connectivity index (χ2v) is 7.22. The smallest absolute Gasteiger partial charge is 0.290 e. The van der Waals surface area contributed by atoms with Crippen molar-refractivity contribution >= 4 is 33.3 Å². The minimum Gasteiger partial charge on any atom is -0.290 e. The van der Waals surface area contributed by atoms with Crippen LogP contribution in [0.4, 0.5) is 5.69 Å². The van der Waals surface area contributed by atoms with Gasteiger partial charge in [-0.15, -0.1) is 0 Å². The van der Waals surface area contributed by atoms with Crippen molar-refractivity contribution in [3.8, 4) is 0 Å². The molecule has 0 bridgehead atoms. The van der Waals surface area contributed by atoms with Crippen LogP contribution in [0, 0.1) is 6.92 Å². The summed E-state index contributed by atoms with van der Waals surface area (Å²) in [5, 5.41) is 0. The Morgan fingerprint density at radius 2 is 1.65 bits per heavy atom. The quantitative estimate of drug-likeness (QED) is 0.368. The van der Waals surface area contributed by atoms with E-state index in [0.29, 0.717) is 5.69 Å². The summed E-state index contributed by atoms with van der Waals surface area (Å²) in [5.41, 5.74) is 0.657. The predicted molar refractivity (Wildman–Crippen MR) is 86.8 cm³/mol. The maximum absolute atomic E-state index is 12.2. The first-order valence-electron chi connectivity index (χ1n) is 6.92. The van der Waals surface area contributed by atoms with E-state index in [1.165, 1.54) is 17.0 Å². The number of carbonyl (C=O) groups is 1. The van der Waals surface area contributed by atoms with Gasteiger partial charge in [-0.1, -0.05) is 47.5 Å². The molecule has 1 fully saturated rings. The molecular formula is C16H14ClNO4S. The minimum absolute atomic E-state index is 0.00192. The van der Waals surface area contributed by atoms with Crippen LogP contribution in [0.1, 0.15) is 5.56 Å². The third-order valence-corrected chi connectivity index (χ3v) is 5.29. The van der Waals surface area contributed by atoms with Crippen LogP contribution in [0.15, 0.2) is 59.5 Å². The maximum Gasteiger partial charge on any atom is 0.297 e. The van der Waals surface area contributed by atoms with Gasteiger partial charge in [0.2, 0.25) is 0 Å². The zero-order valence-electron chi connectivity index (χ0n) is 12.2. The van der Waals surface area contributed by atoms with Crippen molar-refractivity contribution in [3.05, 3.63) is 60.2 Å². The minimum atomic E-state index is -4.04. The molecule has 23 heavy (non-hydrogen) atoms. The molecule has 2 aromatic rings. The average Bonchev–Trinajstić information content (AvgIpc) is 2.54. The Hall–Kier alpha value is -1.89. The normalized spacial score (nSPS) is 21.1. The zero-order valence-corrected chi connectivity index (χ0v) is 13.8. The highest BCUT2D eigenvalue weighted by Crippen LogP contribution is 2.34. The maximum atomic E-state index is 12.2. The number of hydrogen-bond acceptors (Lipinski definition) is 4. The highest BCUT2D eigenvalue weighted by Gasteiger charge is 2.50. The van der Waals surface area contributed by atoms with Crippen molar-refractivity contribution in [2.45, 2.75) is 23.4 Å². The van der Waals surface area contributed by atoms with Crippen molar-refractivity contribution in [2.24, 2.45) is 0 Å². The lowest BCUT2D eigenvalue weighted by molar-refractivity contribution is -0.132. The number of para-hydroxylation sites is 1. The molecule has 1 aliphatic rings. The number of β-lactam (4-membered cyclic amide) rings is 1. The van der Waals surface area contributed by atoms with Gasteiger partial charge in [-0.25, -0.2) is 4.18 Å². The van der Waals surface area contributed by atoms with Crippen LogP contribution < -0.4 is 4.90 Å². The van der Waals surface area contributed by atoms with E-state index < -0.39 is 27.6 Å². The summed E-state index contributed by atoms with van der Waals surface area (Å²) in [7, 11) is -4.04. The van der Waals surface area contributed by atoms with E-state index in [0.717, 1.165) is 5.56 Å². The summed E-state index contributed by atoms with van der Waals surface area (Å²) < 4.78 is 29.5. The van der Waals surface area contributed by atoms with Gasteiger partial charge in [0.25, 0.3) is 16.0 Å². The topological polar surface area (TPSA) is 63.7 Å². The van der Waals surface area contributed by atoms with E-state index in [-0.39, 0.29) is 4.90 Å². The number of hydrogen-bond donors (Lipinski definition) is 0. The summed E-state index contributed by atoms with van der Waals surface area (Å²) in [6, 6.07) is 15.0. The molecule has 1 saturated heterocycles. The Balaban J connectivity index is 1.77. The molecule has 1 heterocycles. The van der Waals surface area contributed by atoms with Crippen LogP contribution in [0.3, 0.4) is 0 Å². The summed E-state index contributed by atoms with van der Waals surface area (Å²) >= 11 is 6.14. The summed E-state index contributed by atoms with van der Waals surface area (Å²) in [6.45, 7) is 1.85. The first-order valence-corrected chi connectivity index (χ1v) is 8.77. The molecule has 0 N–H and O–H groups in total. The predicted octanol–water partition coefficient (Wildman–Crippen LogP) is 2.68. The Morgan fingerprint density at radius 3 is 2.22 bits per heavy atom. The van der Waals surface area contributed by atoms with Gasteiger partial charge in [0.05, 0.1) is 4.90 Å². The first kappa shape index (κ1) is 16.0. The molecule has 0 saturated carbocycles. The van der Waals surface area contributed by atoms with Gasteiger partial charge in [0.15, 0.2) is 6.10 Å². The monoisotopic (exact) mass is 351 g/mol. The summed E-state index contributed by atoms with van der Waals surface area (Å²) in [4.78, 5) is 13.5. The van der Waals surface area contributed by atoms with E-state index in [9.17, 15) is 13.2 Å². The summed E-state index contributed by atoms with van der Waals surface area (Å²) in [6.07, 6.45) is -1.22. The number of anilines is 1. The summed E-state index contributed by atoms with van der Waals surface area (Å²) in [5.74, 6) is -0.480. The van der Waals surface area contributed by atoms with Gasteiger partial charge >= 0.3 is 0 Å². The number of amides is 1. The molecule has 2 atom stereocenters. The standard InChI is InChI=1S/C16H14ClNO4S/c1-11-7-9-13(10-8-11)23(20,21)22-14-15(17)18(16(14)19)12-5-3-2-4-6-12/h2-10,14-15H,1H3/t14-,15+/m1/s1. The van der Waals surface area contributed by atoms with Gasteiger partial charge in [0.1, 0.15) is 5.50 Å². The fourth-order valence-corrected chi connectivity index (χ4v) is 3.74. The lowest BCUT2D eigenvalue weighted by Crippen LogP contribution is -2.64. The number of benzene rings is 2. The van der Waals surface area contributed by atoms with E-state index >= 15 is 0 Å². The zero-order chi connectivity index (χ0) is 16.6. The van der Waals surface area contributed by atoms with Gasteiger partial charge in [-0.05, 0) is 31.2 Å². The van der Waals surface area contributed by atoms with Crippen LogP contribution in [-0.4, -0.2) is 25.9 Å². The molecule has 2 aromatic carbocycles. The Labute approximate surface area is 139 Å². The van der Waals surface area contributed by atoms with Crippen molar-refractivity contribution in [1.82, 2.24) is 0 Å². The van der Waals surface area contributed by atoms with Crippen LogP contribution in [0.5, 0.6) is 0 Å². The van der Waals surface area contributed by atoms with Gasteiger partial charge < -0.3 is 0 Å². The molecule has 7 heteroatoms. The molecule has 1 aliphatic heterocycles. The Morgan fingerprint density at radius 1 is 1.04 bits per heavy atom. The Bertz CT molecular complexity index is 821. The number of alkyl halides is 1. The van der Waals surface area contributed by atoms with Crippen LogP contribution >= 0.6 is 11.6 Å². The molecule has 0 radical (unpaired) electrons. The molecular weight excluding hydrogens is 338 g/mol. The lowest BCUT2D eigenvalue weighted by Gasteiger charge is -2.42. The van der Waals surface area contributed by atoms with Crippen molar-refractivity contribution in [1.29, 1.82) is 0 Å². The van der Waals surface area contributed by atoms with Gasteiger partial charge in [-0.3, -0.25) is 9.69 Å². The number of nitrogens with zero attached hydrogens (tertiary/aromatic N) is 1. The number of halogens is 1. The van der Waals surface area contributed by atoms with E-state index in [1.807, 2.05) is 13.0 Å². The molecule has 0 aromatic heterocycles. The molecule has 5 nitrogen and oxygen atoms in total. The average molecular weight is 352 g/mol. The SMILES string of the molecule is Cc1ccc(S(=O)(=O)O[C@H]2C(=O)N(c3ccccc3)[C@@H]2Cl)cc1. The van der Waals surface area contributed by atoms with E-state index in [1.54, 1.807) is 36.4 Å². The number of aryl methyl sites for hydroxylation is 1. The van der Waals surface area contributed by atoms with Gasteiger partial charge in [0, 0.05) is 5.69 Å². The first-order chi connectivity index (χ1) is 10.9. The van der Waals surface area contributed by atoms with Crippen LogP contribution in [0.2, 0.25) is 0 Å². The van der Waals surface area contributed by atoms with E-state index in [2.05, 4.69) is 0 Å². The Kier molecular flexibility index (Phi) is 4.14. The second-order valence-electron chi connectivity index (χ2n) is 5.20. The van der Waals surface area contributed by atoms with Crippen LogP contribution in [0.25, 0.3) is 0 Å². The molecule has 120 valence electrons. The third-order valence-electron chi connectivity index (χ3n) is 3.55.